The molecule has 1 aromatic rings. The van der Waals surface area contributed by atoms with Gasteiger partial charge < -0.3 is 15.4 Å². The number of aryl methyl sites for hydroxylation is 1. The number of aromatic nitrogens is 2. The third-order valence-corrected chi connectivity index (χ3v) is 3.61. The van der Waals surface area contributed by atoms with Crippen molar-refractivity contribution in [3.05, 3.63) is 11.4 Å². The lowest BCUT2D eigenvalue weighted by atomic mass is 10.1. The van der Waals surface area contributed by atoms with Crippen molar-refractivity contribution in [3.63, 3.8) is 0 Å². The van der Waals surface area contributed by atoms with Gasteiger partial charge in [-0.2, -0.15) is 4.98 Å². The molecule has 0 radical (unpaired) electrons. The molecule has 2 heterocycles. The zero-order chi connectivity index (χ0) is 13.1. The van der Waals surface area contributed by atoms with Gasteiger partial charge in [0.15, 0.2) is 0 Å². The summed E-state index contributed by atoms with van der Waals surface area (Å²) in [6.45, 7) is 5.61. The van der Waals surface area contributed by atoms with Gasteiger partial charge >= 0.3 is 0 Å². The first-order chi connectivity index (χ1) is 8.58. The fourth-order valence-corrected chi connectivity index (χ4v) is 2.40. The molecule has 1 atom stereocenters. The molecule has 0 bridgehead atoms. The molecule has 1 unspecified atom stereocenters. The molecule has 0 spiro atoms. The summed E-state index contributed by atoms with van der Waals surface area (Å²) in [5.41, 5.74) is 6.63. The summed E-state index contributed by atoms with van der Waals surface area (Å²) in [4.78, 5) is 10.8. The number of nitrogens with zero attached hydrogens (tertiary/aromatic N) is 3. The quantitative estimate of drug-likeness (QED) is 0.878. The van der Waals surface area contributed by atoms with Crippen LogP contribution in [0.2, 0.25) is 0 Å². The van der Waals surface area contributed by atoms with Crippen molar-refractivity contribution in [1.82, 2.24) is 14.9 Å². The van der Waals surface area contributed by atoms with Gasteiger partial charge in [-0.15, -0.1) is 0 Å². The highest BCUT2D eigenvalue weighted by Gasteiger charge is 2.20. The van der Waals surface area contributed by atoms with Crippen molar-refractivity contribution in [3.8, 4) is 5.88 Å². The van der Waals surface area contributed by atoms with E-state index in [1.807, 2.05) is 13.8 Å². The van der Waals surface area contributed by atoms with Crippen molar-refractivity contribution >= 4 is 5.82 Å². The molecule has 100 valence electrons. The van der Waals surface area contributed by atoms with E-state index in [0.717, 1.165) is 12.0 Å². The number of hydrogen-bond donors (Lipinski definition) is 1. The molecular formula is C13H22N4O. The zero-order valence-corrected chi connectivity index (χ0v) is 11.4. The van der Waals surface area contributed by atoms with Crippen molar-refractivity contribution in [2.24, 2.45) is 0 Å². The highest BCUT2D eigenvalue weighted by Crippen LogP contribution is 2.21. The normalized spacial score (nSPS) is 20.3. The molecule has 1 aromatic heterocycles. The zero-order valence-electron chi connectivity index (χ0n) is 11.4. The first kappa shape index (κ1) is 13.1. The maximum absolute atomic E-state index is 5.80. The number of hydrogen-bond acceptors (Lipinski definition) is 5. The molecule has 2 rings (SSSR count). The fourth-order valence-electron chi connectivity index (χ4n) is 2.40. The van der Waals surface area contributed by atoms with Crippen molar-refractivity contribution in [2.75, 3.05) is 25.9 Å². The Balaban J connectivity index is 1.90. The molecule has 1 fully saturated rings. The number of ether oxygens (including phenoxy) is 1. The third-order valence-electron chi connectivity index (χ3n) is 3.61. The SMILES string of the molecule is Cc1nc(N)c(C)c(OCCC2CCCN2C)n1. The highest BCUT2D eigenvalue weighted by molar-refractivity contribution is 5.44. The lowest BCUT2D eigenvalue weighted by Gasteiger charge is -2.19. The summed E-state index contributed by atoms with van der Waals surface area (Å²) in [7, 11) is 2.18. The van der Waals surface area contributed by atoms with E-state index in [1.54, 1.807) is 0 Å². The van der Waals surface area contributed by atoms with Crippen LogP contribution in [0.4, 0.5) is 5.82 Å². The van der Waals surface area contributed by atoms with E-state index < -0.39 is 0 Å². The molecular weight excluding hydrogens is 228 g/mol. The average Bonchev–Trinajstić information content (AvgIpc) is 2.71. The standard InChI is InChI=1S/C13H22N4O/c1-9-12(14)15-10(2)16-13(9)18-8-6-11-5-4-7-17(11)3/h11H,4-8H2,1-3H3,(H2,14,15,16). The van der Waals surface area contributed by atoms with E-state index >= 15 is 0 Å². The lowest BCUT2D eigenvalue weighted by molar-refractivity contribution is 0.227. The van der Waals surface area contributed by atoms with Gasteiger partial charge in [0.2, 0.25) is 5.88 Å². The van der Waals surface area contributed by atoms with Crippen LogP contribution in [0, 0.1) is 13.8 Å². The summed E-state index contributed by atoms with van der Waals surface area (Å²) in [6.07, 6.45) is 3.60. The minimum absolute atomic E-state index is 0.510. The summed E-state index contributed by atoms with van der Waals surface area (Å²) in [5, 5.41) is 0. The Hall–Kier alpha value is -1.36. The van der Waals surface area contributed by atoms with E-state index in [-0.39, 0.29) is 0 Å². The van der Waals surface area contributed by atoms with Crippen LogP contribution in [0.5, 0.6) is 5.88 Å². The summed E-state index contributed by atoms with van der Waals surface area (Å²) < 4.78 is 5.75. The van der Waals surface area contributed by atoms with Crippen LogP contribution in [-0.2, 0) is 0 Å². The summed E-state index contributed by atoms with van der Waals surface area (Å²) in [6, 6.07) is 0.644. The second kappa shape index (κ2) is 5.52. The molecule has 5 nitrogen and oxygen atoms in total. The molecule has 0 aromatic carbocycles. The number of likely N-dealkylation sites (tertiary alicyclic amines) is 1. The van der Waals surface area contributed by atoms with Gasteiger partial charge in [-0.05, 0) is 46.7 Å². The van der Waals surface area contributed by atoms with E-state index in [9.17, 15) is 0 Å². The predicted molar refractivity (Wildman–Crippen MR) is 71.7 cm³/mol. The third kappa shape index (κ3) is 2.90. The molecule has 1 aliphatic heterocycles. The van der Waals surface area contributed by atoms with Gasteiger partial charge in [-0.3, -0.25) is 0 Å². The molecule has 2 N–H and O–H groups in total. The molecule has 18 heavy (non-hydrogen) atoms. The Morgan fingerprint density at radius 1 is 1.39 bits per heavy atom. The van der Waals surface area contributed by atoms with E-state index in [0.29, 0.717) is 30.2 Å². The topological polar surface area (TPSA) is 64.3 Å². The van der Waals surface area contributed by atoms with Crippen molar-refractivity contribution in [1.29, 1.82) is 0 Å². The maximum Gasteiger partial charge on any atom is 0.221 e. The van der Waals surface area contributed by atoms with Crippen molar-refractivity contribution in [2.45, 2.75) is 39.2 Å². The monoisotopic (exact) mass is 250 g/mol. The van der Waals surface area contributed by atoms with Crippen LogP contribution in [0.3, 0.4) is 0 Å². The van der Waals surface area contributed by atoms with Crippen LogP contribution >= 0.6 is 0 Å². The number of rotatable bonds is 4. The number of nitrogens with two attached hydrogens (primary N) is 1. The molecule has 1 saturated heterocycles. The van der Waals surface area contributed by atoms with Gasteiger partial charge in [0.25, 0.3) is 0 Å². The van der Waals surface area contributed by atoms with Crippen LogP contribution in [0.25, 0.3) is 0 Å². The van der Waals surface area contributed by atoms with Gasteiger partial charge in [0.1, 0.15) is 11.6 Å². The molecule has 5 heteroatoms. The van der Waals surface area contributed by atoms with Crippen LogP contribution in [0.1, 0.15) is 30.7 Å². The first-order valence-corrected chi connectivity index (χ1v) is 6.51. The average molecular weight is 250 g/mol. The van der Waals surface area contributed by atoms with E-state index in [2.05, 4.69) is 21.9 Å². The Morgan fingerprint density at radius 3 is 2.83 bits per heavy atom. The Kier molecular flexibility index (Phi) is 4.01. The first-order valence-electron chi connectivity index (χ1n) is 6.51. The minimum atomic E-state index is 0.510. The Morgan fingerprint density at radius 2 is 2.17 bits per heavy atom. The molecule has 1 aliphatic rings. The second-order valence-electron chi connectivity index (χ2n) is 5.00. The predicted octanol–water partition coefficient (Wildman–Crippen LogP) is 1.54. The number of anilines is 1. The molecule has 0 aliphatic carbocycles. The van der Waals surface area contributed by atoms with Gasteiger partial charge in [0.05, 0.1) is 12.2 Å². The summed E-state index contributed by atoms with van der Waals surface area (Å²) in [5.74, 6) is 1.79. The van der Waals surface area contributed by atoms with Crippen LogP contribution in [-0.4, -0.2) is 41.1 Å². The van der Waals surface area contributed by atoms with Crippen LogP contribution < -0.4 is 10.5 Å². The smallest absolute Gasteiger partial charge is 0.221 e. The maximum atomic E-state index is 5.80. The highest BCUT2D eigenvalue weighted by atomic mass is 16.5. The van der Waals surface area contributed by atoms with Gasteiger partial charge in [-0.1, -0.05) is 0 Å². The molecule has 0 amide bonds. The van der Waals surface area contributed by atoms with E-state index in [1.165, 1.54) is 19.4 Å². The van der Waals surface area contributed by atoms with Gasteiger partial charge in [0, 0.05) is 6.04 Å². The lowest BCUT2D eigenvalue weighted by Crippen LogP contribution is -2.26. The summed E-state index contributed by atoms with van der Waals surface area (Å²) >= 11 is 0. The minimum Gasteiger partial charge on any atom is -0.477 e. The van der Waals surface area contributed by atoms with Crippen molar-refractivity contribution < 1.29 is 4.74 Å². The fraction of sp³-hybridized carbons (Fsp3) is 0.692. The second-order valence-corrected chi connectivity index (χ2v) is 5.00. The Labute approximate surface area is 108 Å². The van der Waals surface area contributed by atoms with E-state index in [4.69, 9.17) is 10.5 Å². The van der Waals surface area contributed by atoms with Crippen LogP contribution in [0.15, 0.2) is 0 Å². The largest absolute Gasteiger partial charge is 0.477 e. The van der Waals surface area contributed by atoms with Gasteiger partial charge in [-0.25, -0.2) is 4.98 Å². The molecule has 0 saturated carbocycles. The number of nitrogen functional groups attached to an aromatic ring is 1. The Bertz CT molecular complexity index is 422.